The fraction of sp³-hybridized carbons (Fsp3) is 0.333. The van der Waals surface area contributed by atoms with Crippen molar-refractivity contribution in [2.75, 3.05) is 11.9 Å². The minimum atomic E-state index is -0.589. The lowest BCUT2D eigenvalue weighted by Gasteiger charge is -2.10. The van der Waals surface area contributed by atoms with Crippen LogP contribution in [0.2, 0.25) is 0 Å². The van der Waals surface area contributed by atoms with Gasteiger partial charge in [-0.25, -0.2) is 4.79 Å². The van der Waals surface area contributed by atoms with Crippen LogP contribution in [0.25, 0.3) is 0 Å². The van der Waals surface area contributed by atoms with Gasteiger partial charge in [0.2, 0.25) is 0 Å². The van der Waals surface area contributed by atoms with Crippen LogP contribution in [0.15, 0.2) is 23.2 Å². The van der Waals surface area contributed by atoms with Gasteiger partial charge in [-0.15, -0.1) is 0 Å². The van der Waals surface area contributed by atoms with Crippen LogP contribution in [0.5, 0.6) is 5.75 Å². The van der Waals surface area contributed by atoms with Crippen molar-refractivity contribution in [3.05, 3.63) is 23.8 Å². The van der Waals surface area contributed by atoms with Crippen molar-refractivity contribution in [2.45, 2.75) is 20.3 Å². The first-order valence-corrected chi connectivity index (χ1v) is 5.73. The number of urea groups is 1. The average molecular weight is 250 g/mol. The Kier molecular flexibility index (Phi) is 4.98. The van der Waals surface area contributed by atoms with E-state index in [0.717, 1.165) is 17.7 Å². The minimum Gasteiger partial charge on any atom is -0.494 e. The lowest BCUT2D eigenvalue weighted by atomic mass is 10.1. The molecular formula is C12H18N4O2. The number of aliphatic imine (C=N–C) groups is 1. The Morgan fingerprint density at radius 3 is 2.67 bits per heavy atom. The number of aryl methyl sites for hydroxylation is 1. The maximum atomic E-state index is 11.4. The number of amides is 2. The number of benzene rings is 1. The monoisotopic (exact) mass is 250 g/mol. The van der Waals surface area contributed by atoms with E-state index in [2.05, 4.69) is 10.3 Å². The summed E-state index contributed by atoms with van der Waals surface area (Å²) in [5.41, 5.74) is 11.9. The summed E-state index contributed by atoms with van der Waals surface area (Å²) in [6.45, 7) is 4.50. The zero-order chi connectivity index (χ0) is 13.5. The number of carbonyl (C=O) groups is 1. The predicted molar refractivity (Wildman–Crippen MR) is 71.8 cm³/mol. The molecule has 0 radical (unpaired) electrons. The van der Waals surface area contributed by atoms with Gasteiger partial charge in [0.15, 0.2) is 5.96 Å². The fourth-order valence-corrected chi connectivity index (χ4v) is 1.50. The molecule has 6 nitrogen and oxygen atoms in total. The van der Waals surface area contributed by atoms with Crippen molar-refractivity contribution >= 4 is 17.7 Å². The molecule has 2 amide bonds. The molecule has 1 aromatic rings. The molecule has 1 rings (SSSR count). The van der Waals surface area contributed by atoms with Crippen molar-refractivity contribution in [3.63, 3.8) is 0 Å². The Hall–Kier alpha value is -2.24. The third kappa shape index (κ3) is 3.97. The van der Waals surface area contributed by atoms with E-state index in [-0.39, 0.29) is 5.96 Å². The van der Waals surface area contributed by atoms with E-state index in [9.17, 15) is 4.79 Å². The second-order valence-electron chi connectivity index (χ2n) is 3.57. The van der Waals surface area contributed by atoms with Crippen LogP contribution in [0.1, 0.15) is 19.4 Å². The molecule has 18 heavy (non-hydrogen) atoms. The summed E-state index contributed by atoms with van der Waals surface area (Å²) in [7, 11) is 0. The maximum absolute atomic E-state index is 11.4. The molecule has 0 aliphatic rings. The van der Waals surface area contributed by atoms with E-state index in [0.29, 0.717) is 12.3 Å². The van der Waals surface area contributed by atoms with Gasteiger partial charge < -0.3 is 21.5 Å². The SMILES string of the molecule is CCOc1ccc(NC(=O)N=C(N)N)c(CC)c1. The van der Waals surface area contributed by atoms with Gasteiger partial charge in [-0.1, -0.05) is 6.92 Å². The van der Waals surface area contributed by atoms with Gasteiger partial charge in [-0.2, -0.15) is 4.99 Å². The number of hydrogen-bond donors (Lipinski definition) is 3. The summed E-state index contributed by atoms with van der Waals surface area (Å²) in [6, 6.07) is 4.85. The second-order valence-corrected chi connectivity index (χ2v) is 3.57. The van der Waals surface area contributed by atoms with E-state index in [1.54, 1.807) is 12.1 Å². The van der Waals surface area contributed by atoms with Crippen LogP contribution in [-0.2, 0) is 6.42 Å². The summed E-state index contributed by atoms with van der Waals surface area (Å²) in [6.07, 6.45) is 0.762. The first-order valence-electron chi connectivity index (χ1n) is 5.73. The molecule has 0 atom stereocenters. The second kappa shape index (κ2) is 6.48. The number of nitrogens with one attached hydrogen (secondary N) is 1. The van der Waals surface area contributed by atoms with Crippen molar-refractivity contribution < 1.29 is 9.53 Å². The van der Waals surface area contributed by atoms with Crippen LogP contribution < -0.4 is 21.5 Å². The Morgan fingerprint density at radius 2 is 2.11 bits per heavy atom. The topological polar surface area (TPSA) is 103 Å². The van der Waals surface area contributed by atoms with Gasteiger partial charge in [-0.05, 0) is 37.1 Å². The van der Waals surface area contributed by atoms with E-state index in [1.807, 2.05) is 19.9 Å². The largest absolute Gasteiger partial charge is 0.494 e. The van der Waals surface area contributed by atoms with Crippen LogP contribution >= 0.6 is 0 Å². The molecule has 5 N–H and O–H groups in total. The zero-order valence-electron chi connectivity index (χ0n) is 10.6. The fourth-order valence-electron chi connectivity index (χ4n) is 1.50. The molecule has 0 heterocycles. The molecule has 0 aliphatic carbocycles. The first-order chi connectivity index (χ1) is 8.56. The molecule has 0 fully saturated rings. The molecule has 98 valence electrons. The molecule has 0 saturated heterocycles. The summed E-state index contributed by atoms with van der Waals surface area (Å²) < 4.78 is 5.39. The normalized spacial score (nSPS) is 9.67. The van der Waals surface area contributed by atoms with Crippen LogP contribution in [-0.4, -0.2) is 18.6 Å². The lowest BCUT2D eigenvalue weighted by Crippen LogP contribution is -2.25. The molecule has 1 aromatic carbocycles. The number of nitrogens with two attached hydrogens (primary N) is 2. The van der Waals surface area contributed by atoms with Crippen molar-refractivity contribution in [1.29, 1.82) is 0 Å². The third-order valence-corrected chi connectivity index (χ3v) is 2.24. The standard InChI is InChI=1S/C12H18N4O2/c1-3-8-7-9(18-4-2)5-6-10(8)15-12(17)16-11(13)14/h5-7H,3-4H2,1-2H3,(H5,13,14,15,16,17). The summed E-state index contributed by atoms with van der Waals surface area (Å²) in [4.78, 5) is 14.8. The molecule has 6 heteroatoms. The smallest absolute Gasteiger partial charge is 0.348 e. The quantitative estimate of drug-likeness (QED) is 0.556. The number of nitrogens with zero attached hydrogens (tertiary/aromatic N) is 1. The molecule has 0 spiro atoms. The zero-order valence-corrected chi connectivity index (χ0v) is 10.6. The molecule has 0 unspecified atom stereocenters. The molecule has 0 bridgehead atoms. The van der Waals surface area contributed by atoms with Gasteiger partial charge in [0, 0.05) is 5.69 Å². The van der Waals surface area contributed by atoms with Gasteiger partial charge >= 0.3 is 6.03 Å². The highest BCUT2D eigenvalue weighted by atomic mass is 16.5. The molecule has 0 saturated carbocycles. The third-order valence-electron chi connectivity index (χ3n) is 2.24. The highest BCUT2D eigenvalue weighted by Gasteiger charge is 2.06. The Bertz CT molecular complexity index is 453. The van der Waals surface area contributed by atoms with Gasteiger partial charge in [0.25, 0.3) is 0 Å². The molecule has 0 aliphatic heterocycles. The molecular weight excluding hydrogens is 232 g/mol. The van der Waals surface area contributed by atoms with Gasteiger partial charge in [-0.3, -0.25) is 0 Å². The van der Waals surface area contributed by atoms with Crippen LogP contribution in [0.3, 0.4) is 0 Å². The average Bonchev–Trinajstić information content (AvgIpc) is 2.30. The summed E-state index contributed by atoms with van der Waals surface area (Å²) >= 11 is 0. The van der Waals surface area contributed by atoms with E-state index in [1.165, 1.54) is 0 Å². The number of rotatable bonds is 4. The van der Waals surface area contributed by atoms with Gasteiger partial charge in [0.05, 0.1) is 6.61 Å². The highest BCUT2D eigenvalue weighted by molar-refractivity contribution is 5.98. The number of hydrogen-bond acceptors (Lipinski definition) is 2. The van der Waals surface area contributed by atoms with E-state index < -0.39 is 6.03 Å². The molecule has 0 aromatic heterocycles. The Labute approximate surface area is 106 Å². The van der Waals surface area contributed by atoms with Crippen LogP contribution in [0.4, 0.5) is 10.5 Å². The number of ether oxygens (including phenoxy) is 1. The van der Waals surface area contributed by atoms with Crippen molar-refractivity contribution in [3.8, 4) is 5.75 Å². The lowest BCUT2D eigenvalue weighted by molar-refractivity contribution is 0.259. The number of carbonyl (C=O) groups excluding carboxylic acids is 1. The number of anilines is 1. The van der Waals surface area contributed by atoms with Gasteiger partial charge in [0.1, 0.15) is 5.75 Å². The van der Waals surface area contributed by atoms with E-state index in [4.69, 9.17) is 16.2 Å². The first kappa shape index (κ1) is 13.8. The highest BCUT2D eigenvalue weighted by Crippen LogP contribution is 2.22. The summed E-state index contributed by atoms with van der Waals surface area (Å²) in [5.74, 6) is 0.505. The number of guanidine groups is 1. The Morgan fingerprint density at radius 1 is 1.39 bits per heavy atom. The minimum absolute atomic E-state index is 0.267. The van der Waals surface area contributed by atoms with Crippen molar-refractivity contribution in [2.24, 2.45) is 16.5 Å². The van der Waals surface area contributed by atoms with Crippen molar-refractivity contribution in [1.82, 2.24) is 0 Å². The van der Waals surface area contributed by atoms with Crippen LogP contribution in [0, 0.1) is 0 Å². The summed E-state index contributed by atoms with van der Waals surface area (Å²) in [5, 5.41) is 2.62. The Balaban J connectivity index is 2.89. The maximum Gasteiger partial charge on any atom is 0.348 e. The predicted octanol–water partition coefficient (Wildman–Crippen LogP) is 1.45. The van der Waals surface area contributed by atoms with E-state index >= 15 is 0 Å².